The number of fused-ring (bicyclic) bond motifs is 1. The van der Waals surface area contributed by atoms with Gasteiger partial charge >= 0.3 is 6.16 Å². The number of carboxylic acid groups (broad SMARTS) is 1. The fourth-order valence-electron chi connectivity index (χ4n) is 5.22. The van der Waals surface area contributed by atoms with E-state index in [0.717, 1.165) is 25.7 Å². The molecule has 4 N–H and O–H groups in total. The molecule has 4 heterocycles. The first-order chi connectivity index (χ1) is 17.4. The highest BCUT2D eigenvalue weighted by Gasteiger charge is 2.47. The van der Waals surface area contributed by atoms with E-state index in [-0.39, 0.29) is 6.04 Å². The van der Waals surface area contributed by atoms with Crippen LogP contribution in [0.1, 0.15) is 44.4 Å². The van der Waals surface area contributed by atoms with E-state index in [4.69, 9.17) is 9.84 Å². The van der Waals surface area contributed by atoms with Crippen LogP contribution in [0.2, 0.25) is 0 Å². The number of aromatic nitrogens is 5. The third-order valence-electron chi connectivity index (χ3n) is 7.00. The molecule has 1 saturated carbocycles. The Bertz CT molecular complexity index is 1280. The first-order valence-corrected chi connectivity index (χ1v) is 11.7. The largest absolute Gasteiger partial charge is 0.508 e. The van der Waals surface area contributed by atoms with Gasteiger partial charge in [0.15, 0.2) is 6.23 Å². The molecular formula is C23H26N6O7. The minimum absolute atomic E-state index is 0.0157. The fraction of sp³-hybridized carbons (Fsp3) is 0.522. The normalized spacial score (nSPS) is 27.7. The van der Waals surface area contributed by atoms with E-state index in [1.54, 1.807) is 18.5 Å². The lowest BCUT2D eigenvalue weighted by atomic mass is 9.96. The summed E-state index contributed by atoms with van der Waals surface area (Å²) < 4.78 is 13.3. The van der Waals surface area contributed by atoms with Crippen LogP contribution >= 0.6 is 0 Å². The number of ether oxygens (including phenoxy) is 2. The van der Waals surface area contributed by atoms with Crippen LogP contribution < -0.4 is 0 Å². The van der Waals surface area contributed by atoms with Crippen LogP contribution in [0.5, 0.6) is 0 Å². The summed E-state index contributed by atoms with van der Waals surface area (Å²) in [6, 6.07) is 3.96. The van der Waals surface area contributed by atoms with Gasteiger partial charge in [0, 0.05) is 23.3 Å². The van der Waals surface area contributed by atoms with Gasteiger partial charge in [-0.15, -0.1) is 0 Å². The maximum absolute atomic E-state index is 11.0. The highest BCUT2D eigenvalue weighted by molar-refractivity contribution is 5.90. The molecule has 190 valence electrons. The molecule has 6 atom stereocenters. The number of nitriles is 1. The van der Waals surface area contributed by atoms with Crippen LogP contribution in [0.3, 0.4) is 0 Å². The van der Waals surface area contributed by atoms with Crippen molar-refractivity contribution in [2.75, 3.05) is 0 Å². The summed E-state index contributed by atoms with van der Waals surface area (Å²) in [7, 11) is 0. The Hall–Kier alpha value is -3.57. The van der Waals surface area contributed by atoms with Crippen molar-refractivity contribution in [2.45, 2.75) is 69.0 Å². The summed E-state index contributed by atoms with van der Waals surface area (Å²) in [5, 5.41) is 54.3. The third-order valence-corrected chi connectivity index (χ3v) is 7.00. The van der Waals surface area contributed by atoms with Crippen molar-refractivity contribution in [1.82, 2.24) is 24.3 Å². The molecule has 0 spiro atoms. The summed E-state index contributed by atoms with van der Waals surface area (Å²) in [5.41, 5.74) is 1.63. The molecule has 36 heavy (non-hydrogen) atoms. The number of aliphatic hydroxyl groups is 3. The first-order valence-electron chi connectivity index (χ1n) is 11.7. The molecule has 0 amide bonds. The zero-order valence-corrected chi connectivity index (χ0v) is 19.2. The maximum Gasteiger partial charge on any atom is 0.508 e. The molecular weight excluding hydrogens is 472 g/mol. The van der Waals surface area contributed by atoms with Gasteiger partial charge in [-0.3, -0.25) is 4.68 Å². The quantitative estimate of drug-likeness (QED) is 0.361. The van der Waals surface area contributed by atoms with E-state index in [1.165, 1.54) is 10.9 Å². The van der Waals surface area contributed by atoms with Gasteiger partial charge in [-0.2, -0.15) is 10.4 Å². The molecule has 2 fully saturated rings. The van der Waals surface area contributed by atoms with Gasteiger partial charge in [0.1, 0.15) is 30.3 Å². The SMILES string of the molecule is N#CCC(C1CCCC1)n1cc(-c2ncnc3c2ccn3C2OC(OC(=O)O)C(O)C(O)C2O)cn1. The molecule has 0 bridgehead atoms. The molecule has 0 aromatic carbocycles. The lowest BCUT2D eigenvalue weighted by Crippen LogP contribution is -2.56. The van der Waals surface area contributed by atoms with Crippen molar-refractivity contribution in [2.24, 2.45) is 5.92 Å². The van der Waals surface area contributed by atoms with Crippen molar-refractivity contribution in [3.8, 4) is 17.3 Å². The predicted molar refractivity (Wildman–Crippen MR) is 121 cm³/mol. The van der Waals surface area contributed by atoms with Gasteiger partial charge in [0.25, 0.3) is 0 Å². The second-order valence-corrected chi connectivity index (χ2v) is 9.12. The number of aliphatic hydroxyl groups excluding tert-OH is 3. The van der Waals surface area contributed by atoms with E-state index >= 15 is 0 Å². The molecule has 3 aromatic rings. The first kappa shape index (κ1) is 24.1. The lowest BCUT2D eigenvalue weighted by Gasteiger charge is -2.39. The smallest absolute Gasteiger partial charge is 0.450 e. The van der Waals surface area contributed by atoms with E-state index in [1.807, 2.05) is 10.9 Å². The highest BCUT2D eigenvalue weighted by Crippen LogP contribution is 2.37. The fourth-order valence-corrected chi connectivity index (χ4v) is 5.22. The average Bonchev–Trinajstić information content (AvgIpc) is 3.63. The second-order valence-electron chi connectivity index (χ2n) is 9.12. The molecule has 3 aromatic heterocycles. The zero-order valence-electron chi connectivity index (χ0n) is 19.2. The molecule has 1 aliphatic carbocycles. The van der Waals surface area contributed by atoms with Crippen molar-refractivity contribution >= 4 is 17.2 Å². The summed E-state index contributed by atoms with van der Waals surface area (Å²) in [6.07, 6.45) is 1.45. The van der Waals surface area contributed by atoms with Crippen molar-refractivity contribution in [1.29, 1.82) is 5.26 Å². The summed E-state index contributed by atoms with van der Waals surface area (Å²) in [4.78, 5) is 19.7. The molecule has 13 nitrogen and oxygen atoms in total. The Kier molecular flexibility index (Phi) is 6.59. The van der Waals surface area contributed by atoms with Gasteiger partial charge in [-0.25, -0.2) is 14.8 Å². The molecule has 13 heteroatoms. The Balaban J connectivity index is 1.47. The predicted octanol–water partition coefficient (Wildman–Crippen LogP) is 1.57. The lowest BCUT2D eigenvalue weighted by molar-refractivity contribution is -0.301. The summed E-state index contributed by atoms with van der Waals surface area (Å²) >= 11 is 0. The highest BCUT2D eigenvalue weighted by atomic mass is 16.8. The van der Waals surface area contributed by atoms with E-state index in [0.29, 0.717) is 34.6 Å². The number of hydrogen-bond donors (Lipinski definition) is 4. The van der Waals surface area contributed by atoms with E-state index in [9.17, 15) is 25.4 Å². The summed E-state index contributed by atoms with van der Waals surface area (Å²) in [5.74, 6) is 0.400. The molecule has 1 saturated heterocycles. The number of rotatable bonds is 6. The van der Waals surface area contributed by atoms with Crippen LogP contribution in [0.15, 0.2) is 31.0 Å². The molecule has 2 aliphatic rings. The van der Waals surface area contributed by atoms with Gasteiger partial charge in [-0.1, -0.05) is 12.8 Å². The number of carbonyl (C=O) groups is 1. The van der Waals surface area contributed by atoms with E-state index in [2.05, 4.69) is 25.9 Å². The van der Waals surface area contributed by atoms with Crippen molar-refractivity contribution in [3.63, 3.8) is 0 Å². The van der Waals surface area contributed by atoms with Crippen LogP contribution in [0, 0.1) is 17.2 Å². The Morgan fingerprint density at radius 1 is 1.22 bits per heavy atom. The monoisotopic (exact) mass is 498 g/mol. The Morgan fingerprint density at radius 3 is 2.72 bits per heavy atom. The zero-order chi connectivity index (χ0) is 25.4. The molecule has 0 radical (unpaired) electrons. The van der Waals surface area contributed by atoms with Crippen molar-refractivity contribution in [3.05, 3.63) is 31.0 Å². The minimum atomic E-state index is -1.77. The Morgan fingerprint density at radius 2 is 2.00 bits per heavy atom. The van der Waals surface area contributed by atoms with E-state index < -0.39 is 37.0 Å². The minimum Gasteiger partial charge on any atom is -0.450 e. The van der Waals surface area contributed by atoms with Gasteiger partial charge < -0.3 is 34.5 Å². The average molecular weight is 498 g/mol. The van der Waals surface area contributed by atoms with Crippen LogP contribution in [-0.4, -0.2) is 75.5 Å². The van der Waals surface area contributed by atoms with Gasteiger partial charge in [-0.05, 0) is 24.8 Å². The Labute approximate surface area is 205 Å². The van der Waals surface area contributed by atoms with Crippen LogP contribution in [-0.2, 0) is 9.47 Å². The second kappa shape index (κ2) is 9.82. The molecule has 5 rings (SSSR count). The van der Waals surface area contributed by atoms with Crippen molar-refractivity contribution < 1.29 is 34.7 Å². The van der Waals surface area contributed by atoms with Gasteiger partial charge in [0.05, 0.1) is 30.4 Å². The standard InChI is InChI=1S/C23H26N6O7/c24-7-5-15(12-3-1-2-4-12)29-10-13(9-27-29)16-14-6-8-28(20(14)26-11-25-16)21-18(31)17(30)19(32)22(35-21)36-23(33)34/h6,8-12,15,17-19,21-22,30-32H,1-5H2,(H,33,34). The number of nitrogens with zero attached hydrogens (tertiary/aromatic N) is 6. The van der Waals surface area contributed by atoms with Crippen LogP contribution in [0.4, 0.5) is 4.79 Å². The molecule has 1 aliphatic heterocycles. The maximum atomic E-state index is 11.0. The topological polar surface area (TPSA) is 189 Å². The van der Waals surface area contributed by atoms with Gasteiger partial charge in [0.2, 0.25) is 6.29 Å². The summed E-state index contributed by atoms with van der Waals surface area (Å²) in [6.45, 7) is 0. The molecule has 6 unspecified atom stereocenters. The van der Waals surface area contributed by atoms with Crippen LogP contribution in [0.25, 0.3) is 22.3 Å². The number of hydrogen-bond acceptors (Lipinski definition) is 10. The third kappa shape index (κ3) is 4.28.